The highest BCUT2D eigenvalue weighted by atomic mass is 79.9. The molecule has 1 heterocycles. The molecule has 2 fully saturated rings. The summed E-state index contributed by atoms with van der Waals surface area (Å²) in [6.45, 7) is 4.21. The SMILES string of the molecule is Cc1c(Br)cccc1OC[C@@H]1CCC2(CCN(C(=O)O)CC2)C1. The van der Waals surface area contributed by atoms with Crippen LogP contribution in [0, 0.1) is 18.3 Å². The number of nitrogens with zero attached hydrogens (tertiary/aromatic N) is 1. The van der Waals surface area contributed by atoms with Gasteiger partial charge in [0.1, 0.15) is 5.75 Å². The summed E-state index contributed by atoms with van der Waals surface area (Å²) in [5.41, 5.74) is 1.50. The molecule has 1 spiro atoms. The molecule has 1 aromatic carbocycles. The molecule has 2 aliphatic rings. The lowest BCUT2D eigenvalue weighted by molar-refractivity contribution is 0.0879. The first-order valence-corrected chi connectivity index (χ1v) is 9.14. The predicted molar refractivity (Wildman–Crippen MR) is 93.0 cm³/mol. The van der Waals surface area contributed by atoms with Gasteiger partial charge < -0.3 is 14.7 Å². The highest BCUT2D eigenvalue weighted by molar-refractivity contribution is 9.10. The molecule has 0 bridgehead atoms. The Morgan fingerprint density at radius 1 is 1.39 bits per heavy atom. The molecule has 1 saturated heterocycles. The van der Waals surface area contributed by atoms with E-state index in [0.29, 0.717) is 24.4 Å². The Bertz CT molecular complexity index is 582. The Labute approximate surface area is 145 Å². The Kier molecular flexibility index (Phi) is 4.85. The van der Waals surface area contributed by atoms with Crippen LogP contribution in [0.2, 0.25) is 0 Å². The van der Waals surface area contributed by atoms with Gasteiger partial charge >= 0.3 is 6.09 Å². The van der Waals surface area contributed by atoms with Crippen LogP contribution in [0.3, 0.4) is 0 Å². The van der Waals surface area contributed by atoms with E-state index in [1.165, 1.54) is 19.3 Å². The molecular weight excluding hydrogens is 358 g/mol. The summed E-state index contributed by atoms with van der Waals surface area (Å²) in [6, 6.07) is 6.06. The highest BCUT2D eigenvalue weighted by Gasteiger charge is 2.42. The summed E-state index contributed by atoms with van der Waals surface area (Å²) in [6.07, 6.45) is 4.82. The summed E-state index contributed by atoms with van der Waals surface area (Å²) in [5.74, 6) is 1.55. The molecule has 1 saturated carbocycles. The minimum atomic E-state index is -0.775. The lowest BCUT2D eigenvalue weighted by Gasteiger charge is -2.38. The molecule has 4 nitrogen and oxygen atoms in total. The van der Waals surface area contributed by atoms with Crippen molar-refractivity contribution in [3.63, 3.8) is 0 Å². The van der Waals surface area contributed by atoms with Crippen LogP contribution in [0.4, 0.5) is 4.79 Å². The maximum Gasteiger partial charge on any atom is 0.407 e. The van der Waals surface area contributed by atoms with Crippen molar-refractivity contribution < 1.29 is 14.6 Å². The molecule has 1 amide bonds. The lowest BCUT2D eigenvalue weighted by Crippen LogP contribution is -2.41. The third kappa shape index (κ3) is 3.65. The van der Waals surface area contributed by atoms with E-state index < -0.39 is 6.09 Å². The molecule has 0 aromatic heterocycles. The normalized spacial score (nSPS) is 23.2. The minimum Gasteiger partial charge on any atom is -0.493 e. The standard InChI is InChI=1S/C18H24BrNO3/c1-13-15(19)3-2-4-16(13)23-12-14-5-6-18(11-14)7-9-20(10-8-18)17(21)22/h2-4,14H,5-12H2,1H3,(H,21,22)/t14-/m1/s1. The van der Waals surface area contributed by atoms with E-state index in [2.05, 4.69) is 22.9 Å². The maximum absolute atomic E-state index is 11.0. The molecule has 1 N–H and O–H groups in total. The van der Waals surface area contributed by atoms with Gasteiger partial charge in [0.25, 0.3) is 0 Å². The molecule has 0 unspecified atom stereocenters. The van der Waals surface area contributed by atoms with Crippen LogP contribution in [-0.4, -0.2) is 35.8 Å². The van der Waals surface area contributed by atoms with Crippen molar-refractivity contribution in [1.82, 2.24) is 4.90 Å². The summed E-state index contributed by atoms with van der Waals surface area (Å²) in [5, 5.41) is 9.08. The Morgan fingerprint density at radius 2 is 2.13 bits per heavy atom. The first-order chi connectivity index (χ1) is 11.0. The van der Waals surface area contributed by atoms with Crippen LogP contribution in [0.15, 0.2) is 22.7 Å². The predicted octanol–water partition coefficient (Wildman–Crippen LogP) is 4.70. The van der Waals surface area contributed by atoms with E-state index in [1.54, 1.807) is 4.90 Å². The van der Waals surface area contributed by atoms with Gasteiger partial charge in [-0.3, -0.25) is 0 Å². The third-order valence-electron chi connectivity index (χ3n) is 5.59. The Hall–Kier alpha value is -1.23. The number of benzene rings is 1. The van der Waals surface area contributed by atoms with Crippen molar-refractivity contribution in [1.29, 1.82) is 0 Å². The zero-order chi connectivity index (χ0) is 16.4. The number of rotatable bonds is 3. The average Bonchev–Trinajstić information content (AvgIpc) is 2.92. The molecule has 1 aromatic rings. The van der Waals surface area contributed by atoms with Crippen LogP contribution >= 0.6 is 15.9 Å². The second kappa shape index (κ2) is 6.71. The van der Waals surface area contributed by atoms with E-state index in [-0.39, 0.29) is 0 Å². The van der Waals surface area contributed by atoms with Gasteiger partial charge in [-0.05, 0) is 62.5 Å². The molecule has 3 rings (SSSR count). The van der Waals surface area contributed by atoms with E-state index in [4.69, 9.17) is 9.84 Å². The van der Waals surface area contributed by atoms with Crippen LogP contribution in [0.5, 0.6) is 5.75 Å². The molecule has 0 radical (unpaired) electrons. The molecule has 1 aliphatic heterocycles. The minimum absolute atomic E-state index is 0.353. The van der Waals surface area contributed by atoms with Crippen LogP contribution in [0.1, 0.15) is 37.7 Å². The number of hydrogen-bond acceptors (Lipinski definition) is 2. The van der Waals surface area contributed by atoms with Gasteiger partial charge in [0.15, 0.2) is 0 Å². The first-order valence-electron chi connectivity index (χ1n) is 8.35. The number of carbonyl (C=O) groups is 1. The van der Waals surface area contributed by atoms with E-state index >= 15 is 0 Å². The number of halogens is 1. The number of carboxylic acid groups (broad SMARTS) is 1. The van der Waals surface area contributed by atoms with Crippen molar-refractivity contribution >= 4 is 22.0 Å². The van der Waals surface area contributed by atoms with Gasteiger partial charge in [-0.15, -0.1) is 0 Å². The van der Waals surface area contributed by atoms with Crippen molar-refractivity contribution in [3.05, 3.63) is 28.2 Å². The second-order valence-corrected chi connectivity index (χ2v) is 7.91. The highest BCUT2D eigenvalue weighted by Crippen LogP contribution is 2.49. The Balaban J connectivity index is 1.52. The van der Waals surface area contributed by atoms with Crippen molar-refractivity contribution in [2.75, 3.05) is 19.7 Å². The van der Waals surface area contributed by atoms with Gasteiger partial charge in [0.05, 0.1) is 6.61 Å². The third-order valence-corrected chi connectivity index (χ3v) is 6.45. The second-order valence-electron chi connectivity index (χ2n) is 7.05. The summed E-state index contributed by atoms with van der Waals surface area (Å²) in [4.78, 5) is 12.6. The number of ether oxygens (including phenoxy) is 1. The smallest absolute Gasteiger partial charge is 0.407 e. The molecule has 1 aliphatic carbocycles. The monoisotopic (exact) mass is 381 g/mol. The van der Waals surface area contributed by atoms with Gasteiger partial charge in [0.2, 0.25) is 0 Å². The van der Waals surface area contributed by atoms with Crippen LogP contribution in [-0.2, 0) is 0 Å². The van der Waals surface area contributed by atoms with Crippen molar-refractivity contribution in [2.45, 2.75) is 39.0 Å². The quantitative estimate of drug-likeness (QED) is 0.825. The van der Waals surface area contributed by atoms with E-state index in [9.17, 15) is 4.79 Å². The summed E-state index contributed by atoms with van der Waals surface area (Å²) >= 11 is 3.54. The van der Waals surface area contributed by atoms with Gasteiger partial charge in [-0.25, -0.2) is 4.79 Å². The molecule has 1 atom stereocenters. The van der Waals surface area contributed by atoms with E-state index in [1.807, 2.05) is 18.2 Å². The van der Waals surface area contributed by atoms with Crippen LogP contribution < -0.4 is 4.74 Å². The zero-order valence-corrected chi connectivity index (χ0v) is 15.1. The zero-order valence-electron chi connectivity index (χ0n) is 13.6. The molecular formula is C18H24BrNO3. The molecule has 126 valence electrons. The topological polar surface area (TPSA) is 49.8 Å². The summed E-state index contributed by atoms with van der Waals surface area (Å²) < 4.78 is 7.14. The number of piperidine rings is 1. The maximum atomic E-state index is 11.0. The van der Waals surface area contributed by atoms with Crippen LogP contribution in [0.25, 0.3) is 0 Å². The number of hydrogen-bond donors (Lipinski definition) is 1. The largest absolute Gasteiger partial charge is 0.493 e. The lowest BCUT2D eigenvalue weighted by atomic mass is 9.76. The van der Waals surface area contributed by atoms with Gasteiger partial charge in [0, 0.05) is 23.1 Å². The molecule has 5 heteroatoms. The number of amides is 1. The molecule has 23 heavy (non-hydrogen) atoms. The first kappa shape index (κ1) is 16.6. The number of likely N-dealkylation sites (tertiary alicyclic amines) is 1. The van der Waals surface area contributed by atoms with E-state index in [0.717, 1.165) is 35.2 Å². The fraction of sp³-hybridized carbons (Fsp3) is 0.611. The average molecular weight is 382 g/mol. The Morgan fingerprint density at radius 3 is 2.83 bits per heavy atom. The van der Waals surface area contributed by atoms with Gasteiger partial charge in [-0.1, -0.05) is 22.0 Å². The fourth-order valence-corrected chi connectivity index (χ4v) is 4.40. The fourth-order valence-electron chi connectivity index (χ4n) is 4.05. The van der Waals surface area contributed by atoms with Crippen molar-refractivity contribution in [3.8, 4) is 5.75 Å². The van der Waals surface area contributed by atoms with Gasteiger partial charge in [-0.2, -0.15) is 0 Å². The summed E-state index contributed by atoms with van der Waals surface area (Å²) in [7, 11) is 0. The van der Waals surface area contributed by atoms with Crippen molar-refractivity contribution in [2.24, 2.45) is 11.3 Å².